The number of nitrogens with zero attached hydrogens (tertiary/aromatic N) is 1. The largest absolute Gasteiger partial charge is 0.494 e. The maximum absolute atomic E-state index is 5.89. The summed E-state index contributed by atoms with van der Waals surface area (Å²) < 4.78 is 11.7. The highest BCUT2D eigenvalue weighted by atomic mass is 16.5. The van der Waals surface area contributed by atoms with Crippen LogP contribution in [0.3, 0.4) is 0 Å². The number of benzene rings is 2. The molecule has 0 atom stereocenters. The molecular formula is C23H35N3O2. The van der Waals surface area contributed by atoms with Crippen LogP contribution in [0, 0.1) is 0 Å². The molecule has 28 heavy (non-hydrogen) atoms. The van der Waals surface area contributed by atoms with Crippen LogP contribution in [0.2, 0.25) is 0 Å². The van der Waals surface area contributed by atoms with Crippen LogP contribution in [0.1, 0.15) is 46.0 Å². The molecule has 0 aromatic heterocycles. The molecule has 4 N–H and O–H groups in total. The van der Waals surface area contributed by atoms with Gasteiger partial charge < -0.3 is 25.8 Å². The first kappa shape index (κ1) is 21.9. The number of unbranched alkanes of at least 4 members (excludes halogenated alkanes) is 2. The molecule has 0 amide bonds. The Morgan fingerprint density at radius 1 is 0.714 bits per heavy atom. The van der Waals surface area contributed by atoms with Crippen LogP contribution in [-0.4, -0.2) is 31.1 Å². The molecule has 0 aliphatic carbocycles. The lowest BCUT2D eigenvalue weighted by Gasteiger charge is -2.21. The van der Waals surface area contributed by atoms with Gasteiger partial charge in [-0.25, -0.2) is 0 Å². The lowest BCUT2D eigenvalue weighted by molar-refractivity contribution is 0.229. The summed E-state index contributed by atoms with van der Waals surface area (Å²) in [7, 11) is 0. The number of hydrogen-bond donors (Lipinski definition) is 2. The van der Waals surface area contributed by atoms with Crippen molar-refractivity contribution in [1.29, 1.82) is 0 Å². The first-order chi connectivity index (χ1) is 13.6. The summed E-state index contributed by atoms with van der Waals surface area (Å²) in [5.74, 6) is 2.26. The van der Waals surface area contributed by atoms with Gasteiger partial charge in [-0.05, 0) is 68.8 Å². The van der Waals surface area contributed by atoms with Gasteiger partial charge in [0.05, 0.1) is 18.0 Å². The van der Waals surface area contributed by atoms with E-state index in [4.69, 9.17) is 20.9 Å². The second-order valence-corrected chi connectivity index (χ2v) is 7.11. The smallest absolute Gasteiger partial charge is 0.129 e. The maximum Gasteiger partial charge on any atom is 0.129 e. The molecule has 0 radical (unpaired) electrons. The third-order valence-corrected chi connectivity index (χ3v) is 4.66. The number of anilines is 2. The zero-order chi connectivity index (χ0) is 20.2. The lowest BCUT2D eigenvalue weighted by atomic mass is 10.2. The summed E-state index contributed by atoms with van der Waals surface area (Å²) in [4.78, 5) is 2.56. The van der Waals surface area contributed by atoms with Crippen LogP contribution >= 0.6 is 0 Å². The van der Waals surface area contributed by atoms with Crippen molar-refractivity contribution < 1.29 is 9.47 Å². The van der Waals surface area contributed by atoms with Crippen molar-refractivity contribution in [3.8, 4) is 17.2 Å². The first-order valence-corrected chi connectivity index (χ1v) is 10.4. The van der Waals surface area contributed by atoms with Crippen LogP contribution in [-0.2, 0) is 0 Å². The SMILES string of the molecule is CCCCN(CCCC)CCCOc1ccc(Oc2ccc(N)c(N)c2)cc1. The Kier molecular flexibility index (Phi) is 9.49. The molecule has 5 nitrogen and oxygen atoms in total. The fraction of sp³-hybridized carbons (Fsp3) is 0.478. The molecule has 0 saturated carbocycles. The number of rotatable bonds is 13. The van der Waals surface area contributed by atoms with Crippen molar-refractivity contribution >= 4 is 11.4 Å². The summed E-state index contributed by atoms with van der Waals surface area (Å²) >= 11 is 0. The van der Waals surface area contributed by atoms with E-state index >= 15 is 0 Å². The summed E-state index contributed by atoms with van der Waals surface area (Å²) in [5.41, 5.74) is 12.6. The summed E-state index contributed by atoms with van der Waals surface area (Å²) in [6, 6.07) is 12.9. The van der Waals surface area contributed by atoms with Crippen molar-refractivity contribution in [2.45, 2.75) is 46.0 Å². The van der Waals surface area contributed by atoms with Gasteiger partial charge in [0.2, 0.25) is 0 Å². The number of hydrogen-bond acceptors (Lipinski definition) is 5. The van der Waals surface area contributed by atoms with Gasteiger partial charge in [-0.1, -0.05) is 26.7 Å². The minimum Gasteiger partial charge on any atom is -0.494 e. The molecule has 2 aromatic carbocycles. The van der Waals surface area contributed by atoms with Gasteiger partial charge in [0, 0.05) is 12.6 Å². The monoisotopic (exact) mass is 385 g/mol. The topological polar surface area (TPSA) is 73.7 Å². The Balaban J connectivity index is 1.74. The second-order valence-electron chi connectivity index (χ2n) is 7.11. The third kappa shape index (κ3) is 7.69. The van der Waals surface area contributed by atoms with Crippen molar-refractivity contribution in [1.82, 2.24) is 4.90 Å². The summed E-state index contributed by atoms with van der Waals surface area (Å²) in [5, 5.41) is 0. The number of ether oxygens (including phenoxy) is 2. The van der Waals surface area contributed by atoms with Gasteiger partial charge in [0.1, 0.15) is 17.2 Å². The molecule has 0 unspecified atom stereocenters. The second kappa shape index (κ2) is 12.1. The van der Waals surface area contributed by atoms with Gasteiger partial charge in [-0.3, -0.25) is 0 Å². The molecule has 2 rings (SSSR count). The molecule has 0 aliphatic heterocycles. The van der Waals surface area contributed by atoms with Gasteiger partial charge in [-0.15, -0.1) is 0 Å². The van der Waals surface area contributed by atoms with Crippen molar-refractivity contribution in [3.05, 3.63) is 42.5 Å². The molecule has 0 aliphatic rings. The van der Waals surface area contributed by atoms with E-state index in [1.165, 1.54) is 38.8 Å². The average Bonchev–Trinajstić information content (AvgIpc) is 2.70. The average molecular weight is 386 g/mol. The molecule has 0 spiro atoms. The van der Waals surface area contributed by atoms with Crippen LogP contribution in [0.4, 0.5) is 11.4 Å². The van der Waals surface area contributed by atoms with E-state index in [1.54, 1.807) is 18.2 Å². The normalized spacial score (nSPS) is 11.0. The standard InChI is InChI=1S/C23H35N3O2/c1-3-5-14-26(15-6-4-2)16-7-17-27-19-8-10-20(11-9-19)28-21-12-13-22(24)23(25)18-21/h8-13,18H,3-7,14-17,24-25H2,1-2H3. The molecule has 0 heterocycles. The van der Waals surface area contributed by atoms with E-state index < -0.39 is 0 Å². The van der Waals surface area contributed by atoms with E-state index in [9.17, 15) is 0 Å². The Morgan fingerprint density at radius 3 is 1.89 bits per heavy atom. The quantitative estimate of drug-likeness (QED) is 0.361. The van der Waals surface area contributed by atoms with E-state index in [0.29, 0.717) is 17.1 Å². The number of nitrogen functional groups attached to an aromatic ring is 2. The Morgan fingerprint density at radius 2 is 1.29 bits per heavy atom. The summed E-state index contributed by atoms with van der Waals surface area (Å²) in [6.45, 7) is 8.70. The predicted molar refractivity (Wildman–Crippen MR) is 118 cm³/mol. The van der Waals surface area contributed by atoms with Gasteiger partial charge >= 0.3 is 0 Å². The van der Waals surface area contributed by atoms with Gasteiger partial charge in [-0.2, -0.15) is 0 Å². The summed E-state index contributed by atoms with van der Waals surface area (Å²) in [6.07, 6.45) is 6.07. The van der Waals surface area contributed by atoms with Crippen LogP contribution in [0.25, 0.3) is 0 Å². The van der Waals surface area contributed by atoms with Crippen molar-refractivity contribution in [2.75, 3.05) is 37.7 Å². The molecule has 0 fully saturated rings. The molecule has 0 bridgehead atoms. The zero-order valence-electron chi connectivity index (χ0n) is 17.3. The van der Waals surface area contributed by atoms with Crippen LogP contribution < -0.4 is 20.9 Å². The minimum atomic E-state index is 0.518. The van der Waals surface area contributed by atoms with Crippen LogP contribution in [0.5, 0.6) is 17.2 Å². The van der Waals surface area contributed by atoms with Crippen molar-refractivity contribution in [2.24, 2.45) is 0 Å². The lowest BCUT2D eigenvalue weighted by Crippen LogP contribution is -2.28. The van der Waals surface area contributed by atoms with Crippen LogP contribution in [0.15, 0.2) is 42.5 Å². The molecule has 2 aromatic rings. The zero-order valence-corrected chi connectivity index (χ0v) is 17.3. The van der Waals surface area contributed by atoms with Gasteiger partial charge in [0.25, 0.3) is 0 Å². The minimum absolute atomic E-state index is 0.518. The highest BCUT2D eigenvalue weighted by molar-refractivity contribution is 5.65. The maximum atomic E-state index is 5.89. The predicted octanol–water partition coefficient (Wildman–Crippen LogP) is 5.31. The Labute approximate surface area is 169 Å². The molecule has 5 heteroatoms. The first-order valence-electron chi connectivity index (χ1n) is 10.4. The highest BCUT2D eigenvalue weighted by Crippen LogP contribution is 2.27. The van der Waals surface area contributed by atoms with Crippen molar-refractivity contribution in [3.63, 3.8) is 0 Å². The fourth-order valence-electron chi connectivity index (χ4n) is 2.93. The Bertz CT molecular complexity index is 681. The van der Waals surface area contributed by atoms with E-state index in [0.717, 1.165) is 31.1 Å². The van der Waals surface area contributed by atoms with E-state index in [1.807, 2.05) is 24.3 Å². The Hall–Kier alpha value is -2.40. The third-order valence-electron chi connectivity index (χ3n) is 4.66. The number of nitrogens with two attached hydrogens (primary N) is 2. The van der Waals surface area contributed by atoms with Gasteiger partial charge in [0.15, 0.2) is 0 Å². The van der Waals surface area contributed by atoms with E-state index in [-0.39, 0.29) is 0 Å². The highest BCUT2D eigenvalue weighted by Gasteiger charge is 2.05. The fourth-order valence-corrected chi connectivity index (χ4v) is 2.93. The van der Waals surface area contributed by atoms with E-state index in [2.05, 4.69) is 18.7 Å². The molecule has 154 valence electrons. The molecular weight excluding hydrogens is 350 g/mol. The molecule has 0 saturated heterocycles.